The Morgan fingerprint density at radius 1 is 1.27 bits per heavy atom. The largest absolute Gasteiger partial charge is 0.418 e. The molecule has 5 heteroatoms. The first-order chi connectivity index (χ1) is 6.97. The van der Waals surface area contributed by atoms with E-state index >= 15 is 0 Å². The lowest BCUT2D eigenvalue weighted by molar-refractivity contribution is -0.136. The second-order valence-corrected chi connectivity index (χ2v) is 4.04. The van der Waals surface area contributed by atoms with Crippen LogP contribution < -0.4 is 5.32 Å². The molecule has 82 valence electrons. The number of hydrogen-bond donors (Lipinski definition) is 1. The predicted molar refractivity (Wildman–Crippen MR) is 53.1 cm³/mol. The molecule has 1 N–H and O–H groups in total. The van der Waals surface area contributed by atoms with Crippen molar-refractivity contribution >= 4 is 17.3 Å². The van der Waals surface area contributed by atoms with Gasteiger partial charge in [0.15, 0.2) is 0 Å². The van der Waals surface area contributed by atoms with Crippen LogP contribution in [0.25, 0.3) is 0 Å². The Morgan fingerprint density at radius 2 is 1.93 bits per heavy atom. The molecule has 1 aromatic carbocycles. The van der Waals surface area contributed by atoms with Crippen molar-refractivity contribution in [2.45, 2.75) is 25.1 Å². The van der Waals surface area contributed by atoms with Gasteiger partial charge in [-0.15, -0.1) is 0 Å². The van der Waals surface area contributed by atoms with Gasteiger partial charge in [-0.1, -0.05) is 11.6 Å². The monoisotopic (exact) mass is 235 g/mol. The van der Waals surface area contributed by atoms with Crippen molar-refractivity contribution in [2.24, 2.45) is 0 Å². The zero-order valence-corrected chi connectivity index (χ0v) is 8.49. The van der Waals surface area contributed by atoms with Crippen LogP contribution in [0.2, 0.25) is 5.02 Å². The Kier molecular flexibility index (Phi) is 2.54. The average molecular weight is 236 g/mol. The molecule has 1 saturated carbocycles. The number of hydrogen-bond acceptors (Lipinski definition) is 1. The molecule has 0 spiro atoms. The van der Waals surface area contributed by atoms with Gasteiger partial charge in [-0.2, -0.15) is 13.2 Å². The summed E-state index contributed by atoms with van der Waals surface area (Å²) in [5, 5.41) is 3.14. The van der Waals surface area contributed by atoms with E-state index in [4.69, 9.17) is 11.6 Å². The fraction of sp³-hybridized carbons (Fsp3) is 0.400. The highest BCUT2D eigenvalue weighted by molar-refractivity contribution is 6.30. The van der Waals surface area contributed by atoms with Crippen molar-refractivity contribution < 1.29 is 13.2 Å². The van der Waals surface area contributed by atoms with Crippen LogP contribution in [0.3, 0.4) is 0 Å². The lowest BCUT2D eigenvalue weighted by atomic mass is 10.1. The SMILES string of the molecule is FC(F)(F)c1ccc(Cl)cc1NC1CC1. The van der Waals surface area contributed by atoms with Gasteiger partial charge in [0.25, 0.3) is 0 Å². The highest BCUT2D eigenvalue weighted by Crippen LogP contribution is 2.38. The zero-order chi connectivity index (χ0) is 11.1. The molecule has 0 aromatic heterocycles. The van der Waals surface area contributed by atoms with Crippen molar-refractivity contribution in [1.29, 1.82) is 0 Å². The summed E-state index contributed by atoms with van der Waals surface area (Å²) in [6.07, 6.45) is -2.49. The van der Waals surface area contributed by atoms with Gasteiger partial charge in [0.05, 0.1) is 5.56 Å². The van der Waals surface area contributed by atoms with Gasteiger partial charge in [-0.3, -0.25) is 0 Å². The van der Waals surface area contributed by atoms with Crippen LogP contribution >= 0.6 is 11.6 Å². The topological polar surface area (TPSA) is 12.0 Å². The summed E-state index contributed by atoms with van der Waals surface area (Å²) >= 11 is 5.66. The van der Waals surface area contributed by atoms with E-state index in [-0.39, 0.29) is 11.7 Å². The highest BCUT2D eigenvalue weighted by Gasteiger charge is 2.34. The smallest absolute Gasteiger partial charge is 0.382 e. The van der Waals surface area contributed by atoms with Gasteiger partial charge in [0, 0.05) is 16.8 Å². The van der Waals surface area contributed by atoms with Gasteiger partial charge in [0.2, 0.25) is 0 Å². The van der Waals surface area contributed by atoms with Crippen molar-refractivity contribution in [3.05, 3.63) is 28.8 Å². The number of halogens is 4. The second-order valence-electron chi connectivity index (χ2n) is 3.61. The van der Waals surface area contributed by atoms with E-state index in [1.165, 1.54) is 12.1 Å². The number of alkyl halides is 3. The fourth-order valence-corrected chi connectivity index (χ4v) is 1.50. The molecule has 0 heterocycles. The van der Waals surface area contributed by atoms with Crippen LogP contribution in [0.5, 0.6) is 0 Å². The molecular formula is C10H9ClF3N. The Hall–Kier alpha value is -0.900. The van der Waals surface area contributed by atoms with Gasteiger partial charge in [-0.25, -0.2) is 0 Å². The van der Waals surface area contributed by atoms with Crippen LogP contribution in [-0.4, -0.2) is 6.04 Å². The molecule has 1 nitrogen and oxygen atoms in total. The number of benzene rings is 1. The van der Waals surface area contributed by atoms with E-state index in [2.05, 4.69) is 5.32 Å². The minimum atomic E-state index is -4.33. The van der Waals surface area contributed by atoms with Crippen LogP contribution in [-0.2, 0) is 6.18 Å². The molecule has 2 rings (SSSR count). The Bertz CT molecular complexity index is 371. The standard InChI is InChI=1S/C10H9ClF3N/c11-6-1-4-8(10(12,13)14)9(5-6)15-7-2-3-7/h1,4-5,7,15H,2-3H2. The molecule has 1 aliphatic rings. The molecule has 0 aliphatic heterocycles. The Morgan fingerprint density at radius 3 is 2.47 bits per heavy atom. The molecule has 1 aromatic rings. The van der Waals surface area contributed by atoms with Gasteiger partial charge in [-0.05, 0) is 31.0 Å². The summed E-state index contributed by atoms with van der Waals surface area (Å²) in [5.41, 5.74) is -0.573. The van der Waals surface area contributed by atoms with Crippen LogP contribution in [0.4, 0.5) is 18.9 Å². The first kappa shape index (κ1) is 10.6. The minimum Gasteiger partial charge on any atom is -0.382 e. The zero-order valence-electron chi connectivity index (χ0n) is 7.74. The highest BCUT2D eigenvalue weighted by atomic mass is 35.5. The summed E-state index contributed by atoms with van der Waals surface area (Å²) in [5.74, 6) is 0. The van der Waals surface area contributed by atoms with Crippen LogP contribution in [0.15, 0.2) is 18.2 Å². The third-order valence-corrected chi connectivity index (χ3v) is 2.46. The molecule has 0 saturated heterocycles. The molecule has 1 aliphatic carbocycles. The summed E-state index contributed by atoms with van der Waals surface area (Å²) < 4.78 is 37.7. The molecular weight excluding hydrogens is 227 g/mol. The predicted octanol–water partition coefficient (Wildman–Crippen LogP) is 3.93. The van der Waals surface area contributed by atoms with Crippen molar-refractivity contribution in [3.63, 3.8) is 0 Å². The quantitative estimate of drug-likeness (QED) is 0.819. The first-order valence-electron chi connectivity index (χ1n) is 4.60. The number of nitrogens with one attached hydrogen (secondary N) is 1. The van der Waals surface area contributed by atoms with Crippen LogP contribution in [0.1, 0.15) is 18.4 Å². The van der Waals surface area contributed by atoms with Crippen molar-refractivity contribution in [3.8, 4) is 0 Å². The second kappa shape index (κ2) is 3.59. The van der Waals surface area contributed by atoms with E-state index in [9.17, 15) is 13.2 Å². The summed E-state index contributed by atoms with van der Waals surface area (Å²) in [7, 11) is 0. The average Bonchev–Trinajstić information content (AvgIpc) is 2.85. The molecule has 0 unspecified atom stereocenters. The maximum absolute atomic E-state index is 12.6. The Balaban J connectivity index is 2.34. The van der Waals surface area contributed by atoms with Crippen LogP contribution in [0, 0.1) is 0 Å². The van der Waals surface area contributed by atoms with Gasteiger partial charge < -0.3 is 5.32 Å². The van der Waals surface area contributed by atoms with Crippen molar-refractivity contribution in [1.82, 2.24) is 0 Å². The van der Waals surface area contributed by atoms with E-state index in [1.54, 1.807) is 0 Å². The lowest BCUT2D eigenvalue weighted by Crippen LogP contribution is -2.11. The van der Waals surface area contributed by atoms with E-state index < -0.39 is 11.7 Å². The summed E-state index contributed by atoms with van der Waals surface area (Å²) in [6.45, 7) is 0. The number of anilines is 1. The van der Waals surface area contributed by atoms with Gasteiger partial charge >= 0.3 is 6.18 Å². The van der Waals surface area contributed by atoms with E-state index in [0.29, 0.717) is 5.02 Å². The molecule has 0 amide bonds. The normalized spacial score (nSPS) is 16.5. The maximum atomic E-state index is 12.6. The van der Waals surface area contributed by atoms with Gasteiger partial charge in [0.1, 0.15) is 0 Å². The summed E-state index contributed by atoms with van der Waals surface area (Å²) in [6, 6.07) is 3.75. The minimum absolute atomic E-state index is 0.0810. The molecule has 0 bridgehead atoms. The fourth-order valence-electron chi connectivity index (χ4n) is 1.33. The van der Waals surface area contributed by atoms with Crippen molar-refractivity contribution in [2.75, 3.05) is 5.32 Å². The first-order valence-corrected chi connectivity index (χ1v) is 4.98. The van der Waals surface area contributed by atoms with E-state index in [1.807, 2.05) is 0 Å². The van der Waals surface area contributed by atoms with E-state index in [0.717, 1.165) is 18.9 Å². The molecule has 1 fully saturated rings. The maximum Gasteiger partial charge on any atom is 0.418 e. The summed E-state index contributed by atoms with van der Waals surface area (Å²) in [4.78, 5) is 0. The lowest BCUT2D eigenvalue weighted by Gasteiger charge is -2.14. The third kappa shape index (κ3) is 2.56. The Labute approximate surface area is 90.2 Å². The molecule has 0 radical (unpaired) electrons. The number of rotatable bonds is 2. The molecule has 15 heavy (non-hydrogen) atoms. The third-order valence-electron chi connectivity index (χ3n) is 2.22. The molecule has 0 atom stereocenters.